The van der Waals surface area contributed by atoms with Gasteiger partial charge >= 0.3 is 0 Å². The van der Waals surface area contributed by atoms with Gasteiger partial charge in [0.25, 0.3) is 11.8 Å². The van der Waals surface area contributed by atoms with Gasteiger partial charge in [-0.15, -0.1) is 0 Å². The monoisotopic (exact) mass is 516 g/mol. The zero-order chi connectivity index (χ0) is 27.0. The summed E-state index contributed by atoms with van der Waals surface area (Å²) in [6.45, 7) is 3.54. The Hall–Kier alpha value is -3.88. The maximum absolute atomic E-state index is 13.6. The zero-order valence-corrected chi connectivity index (χ0v) is 22.2. The molecule has 2 amide bonds. The lowest BCUT2D eigenvalue weighted by Crippen LogP contribution is -2.67. The second-order valence-electron chi connectivity index (χ2n) is 9.71. The van der Waals surface area contributed by atoms with Crippen LogP contribution in [-0.4, -0.2) is 55.9 Å². The zero-order valence-electron chi connectivity index (χ0n) is 22.2. The Kier molecular flexibility index (Phi) is 6.86. The molecule has 0 aromatic heterocycles. The van der Waals surface area contributed by atoms with E-state index in [1.54, 1.807) is 50.1 Å². The Morgan fingerprint density at radius 1 is 0.816 bits per heavy atom. The van der Waals surface area contributed by atoms with Crippen molar-refractivity contribution in [3.63, 3.8) is 0 Å². The van der Waals surface area contributed by atoms with Crippen LogP contribution in [0.3, 0.4) is 0 Å². The van der Waals surface area contributed by atoms with Crippen molar-refractivity contribution in [1.29, 1.82) is 0 Å². The van der Waals surface area contributed by atoms with Gasteiger partial charge in [0.2, 0.25) is 5.79 Å². The van der Waals surface area contributed by atoms with E-state index in [4.69, 9.17) is 18.9 Å². The fourth-order valence-electron chi connectivity index (χ4n) is 5.14. The fourth-order valence-corrected chi connectivity index (χ4v) is 5.14. The molecule has 2 saturated heterocycles. The van der Waals surface area contributed by atoms with Gasteiger partial charge in [-0.1, -0.05) is 42.5 Å². The van der Waals surface area contributed by atoms with Crippen LogP contribution < -0.4 is 14.4 Å². The van der Waals surface area contributed by atoms with Gasteiger partial charge in [0.05, 0.1) is 26.3 Å². The molecule has 3 aromatic carbocycles. The molecule has 2 fully saturated rings. The van der Waals surface area contributed by atoms with Gasteiger partial charge in [-0.25, -0.2) is 0 Å². The molecular weight excluding hydrogens is 484 g/mol. The first-order chi connectivity index (χ1) is 18.3. The number of carbonyl (C=O) groups is 2. The second-order valence-corrected chi connectivity index (χ2v) is 9.71. The van der Waals surface area contributed by atoms with Crippen molar-refractivity contribution in [1.82, 2.24) is 4.90 Å². The van der Waals surface area contributed by atoms with Crippen molar-refractivity contribution in [3.8, 4) is 11.5 Å². The average Bonchev–Trinajstić information content (AvgIpc) is 2.96. The number of anilines is 1. The lowest BCUT2D eigenvalue weighted by molar-refractivity contribution is -0.290. The lowest BCUT2D eigenvalue weighted by Gasteiger charge is -2.52. The summed E-state index contributed by atoms with van der Waals surface area (Å²) in [4.78, 5) is 30.4. The summed E-state index contributed by atoms with van der Waals surface area (Å²) in [6.07, 6.45) is -1.35. The van der Waals surface area contributed by atoms with E-state index < -0.39 is 24.0 Å². The van der Waals surface area contributed by atoms with Crippen molar-refractivity contribution < 1.29 is 28.5 Å². The van der Waals surface area contributed by atoms with Crippen LogP contribution in [-0.2, 0) is 19.1 Å². The molecule has 5 atom stereocenters. The average molecular weight is 517 g/mol. The largest absolute Gasteiger partial charge is 0.497 e. The predicted molar refractivity (Wildman–Crippen MR) is 142 cm³/mol. The minimum atomic E-state index is -1.65. The van der Waals surface area contributed by atoms with Gasteiger partial charge in [-0.3, -0.25) is 14.5 Å². The highest BCUT2D eigenvalue weighted by atomic mass is 16.7. The van der Waals surface area contributed by atoms with E-state index in [0.717, 1.165) is 11.1 Å². The van der Waals surface area contributed by atoms with Crippen LogP contribution in [0, 0.1) is 0 Å². The van der Waals surface area contributed by atoms with Crippen LogP contribution in [0.25, 0.3) is 0 Å². The standard InChI is InChI=1S/C30H32N2O6/c1-19-26(21-9-7-6-8-10-21)37-30(2,29(34)31(19)3)38-27-25(20-11-15-23(35-4)16-12-20)32(28(27)33)22-13-17-24(36-5)18-14-22/h6-19,25-27H,1-5H3/t19-,25+,26-,27-,30-/m0/s1. The highest BCUT2D eigenvalue weighted by molar-refractivity contribution is 6.05. The summed E-state index contributed by atoms with van der Waals surface area (Å²) in [7, 11) is 4.93. The molecule has 38 heavy (non-hydrogen) atoms. The molecule has 0 spiro atoms. The van der Waals surface area contributed by atoms with Crippen LogP contribution in [0.4, 0.5) is 5.69 Å². The highest BCUT2D eigenvalue weighted by Gasteiger charge is 2.57. The van der Waals surface area contributed by atoms with E-state index in [1.165, 1.54) is 0 Å². The summed E-state index contributed by atoms with van der Waals surface area (Å²) in [5.41, 5.74) is 2.48. The molecule has 5 rings (SSSR count). The van der Waals surface area contributed by atoms with Gasteiger partial charge < -0.3 is 23.8 Å². The van der Waals surface area contributed by atoms with Gasteiger partial charge in [0, 0.05) is 12.7 Å². The summed E-state index contributed by atoms with van der Waals surface area (Å²) in [5, 5.41) is 0. The van der Waals surface area contributed by atoms with Gasteiger partial charge in [0.1, 0.15) is 17.6 Å². The molecule has 0 bridgehead atoms. The third kappa shape index (κ3) is 4.40. The number of ether oxygens (including phenoxy) is 4. The Morgan fingerprint density at radius 3 is 1.97 bits per heavy atom. The smallest absolute Gasteiger partial charge is 0.282 e. The molecule has 2 heterocycles. The van der Waals surface area contributed by atoms with E-state index >= 15 is 0 Å². The molecule has 8 heteroatoms. The van der Waals surface area contributed by atoms with E-state index in [2.05, 4.69) is 0 Å². The molecule has 0 unspecified atom stereocenters. The third-order valence-corrected chi connectivity index (χ3v) is 7.44. The molecule has 198 valence electrons. The number of amides is 2. The van der Waals surface area contributed by atoms with Crippen molar-refractivity contribution in [2.75, 3.05) is 26.2 Å². The number of methoxy groups -OCH3 is 2. The molecule has 8 nitrogen and oxygen atoms in total. The summed E-state index contributed by atoms with van der Waals surface area (Å²) < 4.78 is 23.3. The minimum absolute atomic E-state index is 0.216. The van der Waals surface area contributed by atoms with Crippen molar-refractivity contribution >= 4 is 17.5 Å². The quantitative estimate of drug-likeness (QED) is 0.430. The van der Waals surface area contributed by atoms with Crippen LogP contribution in [0.15, 0.2) is 78.9 Å². The van der Waals surface area contributed by atoms with Crippen LogP contribution in [0.5, 0.6) is 11.5 Å². The molecule has 0 saturated carbocycles. The lowest BCUT2D eigenvalue weighted by atomic mass is 9.89. The SMILES string of the molecule is COc1ccc([C@@H]2[C@H](O[C@]3(C)O[C@H](c4ccccc4)[C@H](C)N(C)C3=O)C(=O)N2c2ccc(OC)cc2)cc1. The first kappa shape index (κ1) is 25.8. The van der Waals surface area contributed by atoms with Crippen molar-refractivity contribution in [2.24, 2.45) is 0 Å². The third-order valence-electron chi connectivity index (χ3n) is 7.44. The molecule has 2 aliphatic rings. The number of β-lactam (4-membered cyclic amide) rings is 1. The molecule has 0 radical (unpaired) electrons. The van der Waals surface area contributed by atoms with E-state index in [9.17, 15) is 9.59 Å². The first-order valence-electron chi connectivity index (χ1n) is 12.6. The van der Waals surface area contributed by atoms with Crippen LogP contribution in [0.2, 0.25) is 0 Å². The van der Waals surface area contributed by atoms with Gasteiger partial charge in [-0.05, 0) is 61.4 Å². The molecule has 0 aliphatic carbocycles. The number of hydrogen-bond donors (Lipinski definition) is 0. The van der Waals surface area contributed by atoms with Crippen LogP contribution >= 0.6 is 0 Å². The topological polar surface area (TPSA) is 77.5 Å². The number of nitrogens with zero attached hydrogens (tertiary/aromatic N) is 2. The minimum Gasteiger partial charge on any atom is -0.497 e. The number of rotatable bonds is 7. The first-order valence-corrected chi connectivity index (χ1v) is 12.6. The Balaban J connectivity index is 1.48. The number of carbonyl (C=O) groups excluding carboxylic acids is 2. The Morgan fingerprint density at radius 2 is 1.39 bits per heavy atom. The van der Waals surface area contributed by atoms with E-state index in [0.29, 0.717) is 17.2 Å². The molecule has 3 aromatic rings. The number of benzene rings is 3. The Bertz CT molecular complexity index is 1300. The summed E-state index contributed by atoms with van der Waals surface area (Å²) in [5.74, 6) is -0.855. The fraction of sp³-hybridized carbons (Fsp3) is 0.333. The molecule has 0 N–H and O–H groups in total. The second kappa shape index (κ2) is 10.1. The van der Waals surface area contributed by atoms with Crippen molar-refractivity contribution in [3.05, 3.63) is 90.0 Å². The summed E-state index contributed by atoms with van der Waals surface area (Å²) >= 11 is 0. The molecule has 2 aliphatic heterocycles. The number of hydrogen-bond acceptors (Lipinski definition) is 6. The number of likely N-dealkylation sites (N-methyl/N-ethyl adjacent to an activating group) is 1. The molecular formula is C30H32N2O6. The number of morpholine rings is 1. The maximum atomic E-state index is 13.6. The highest BCUT2D eigenvalue weighted by Crippen LogP contribution is 2.45. The van der Waals surface area contributed by atoms with Crippen molar-refractivity contribution in [2.45, 2.75) is 43.9 Å². The Labute approximate surface area is 222 Å². The van der Waals surface area contributed by atoms with E-state index in [1.807, 2.05) is 73.7 Å². The normalized spacial score (nSPS) is 27.2. The summed E-state index contributed by atoms with van der Waals surface area (Å²) in [6, 6.07) is 23.8. The van der Waals surface area contributed by atoms with Crippen LogP contribution in [0.1, 0.15) is 37.1 Å². The maximum Gasteiger partial charge on any atom is 0.282 e. The van der Waals surface area contributed by atoms with Gasteiger partial charge in [-0.2, -0.15) is 0 Å². The van der Waals surface area contributed by atoms with Gasteiger partial charge in [0.15, 0.2) is 6.10 Å². The predicted octanol–water partition coefficient (Wildman–Crippen LogP) is 4.51. The van der Waals surface area contributed by atoms with E-state index in [-0.39, 0.29) is 17.9 Å².